The van der Waals surface area contributed by atoms with E-state index >= 15 is 0 Å². The zero-order chi connectivity index (χ0) is 23.0. The van der Waals surface area contributed by atoms with Crippen molar-refractivity contribution in [3.63, 3.8) is 0 Å². The molecular weight excluding hydrogens is 426 g/mol. The average Bonchev–Trinajstić information content (AvgIpc) is 3.28. The van der Waals surface area contributed by atoms with Gasteiger partial charge in [0.05, 0.1) is 23.1 Å². The monoisotopic (exact) mass is 445 g/mol. The Morgan fingerprint density at radius 2 is 2.00 bits per heavy atom. The molecule has 0 spiro atoms. The third kappa shape index (κ3) is 3.94. The average molecular weight is 445 g/mol. The maximum Gasteiger partial charge on any atom is 0.387 e. The van der Waals surface area contributed by atoms with E-state index in [1.165, 1.54) is 12.1 Å². The molecule has 0 saturated heterocycles. The van der Waals surface area contributed by atoms with E-state index in [0.717, 1.165) is 0 Å². The number of imidazole rings is 1. The number of halogens is 4. The Balaban J connectivity index is 1.95. The summed E-state index contributed by atoms with van der Waals surface area (Å²) in [6.07, 6.45) is -1.70. The van der Waals surface area contributed by atoms with Gasteiger partial charge in [-0.1, -0.05) is 18.1 Å². The van der Waals surface area contributed by atoms with Gasteiger partial charge in [0, 0.05) is 16.7 Å². The van der Waals surface area contributed by atoms with Crippen molar-refractivity contribution in [1.82, 2.24) is 14.5 Å². The van der Waals surface area contributed by atoms with Gasteiger partial charge in [0.15, 0.2) is 6.29 Å². The first-order valence-corrected chi connectivity index (χ1v) is 9.81. The predicted octanol–water partition coefficient (Wildman–Crippen LogP) is 4.66. The Bertz CT molecular complexity index is 1230. The van der Waals surface area contributed by atoms with Gasteiger partial charge in [0.2, 0.25) is 0 Å². The van der Waals surface area contributed by atoms with Crippen LogP contribution >= 0.6 is 0 Å². The Morgan fingerprint density at radius 3 is 2.66 bits per heavy atom. The standard InChI is InChI=1S/C23H19F4N3O2/c1-29(2)18-11-17(21-14(12-31)4-3-5-19(21)32-23(26)27)30-16-10-13(7-9-20(24)25)6-8-15(16)28-22(18)30/h3-6,8,10,12,17-18,20,23H,11H2,1-2H3. The maximum atomic E-state index is 13.1. The van der Waals surface area contributed by atoms with Gasteiger partial charge < -0.3 is 9.30 Å². The van der Waals surface area contributed by atoms with Crippen molar-refractivity contribution in [2.24, 2.45) is 0 Å². The van der Waals surface area contributed by atoms with Crippen LogP contribution in [0.5, 0.6) is 5.75 Å². The SMILES string of the molecule is CN(C)C1CC(c2c(C=O)cccc2OC(F)F)n2c1nc1ccc(C#CC(F)F)cc12. The highest BCUT2D eigenvalue weighted by molar-refractivity contribution is 5.82. The first-order chi connectivity index (χ1) is 15.3. The number of rotatable bonds is 5. The first kappa shape index (κ1) is 21.8. The Kier molecular flexibility index (Phi) is 5.89. The molecule has 32 heavy (non-hydrogen) atoms. The van der Waals surface area contributed by atoms with Crippen LogP contribution in [-0.4, -0.2) is 47.9 Å². The fourth-order valence-corrected chi connectivity index (χ4v) is 4.22. The minimum absolute atomic E-state index is 0.0875. The van der Waals surface area contributed by atoms with E-state index < -0.39 is 19.1 Å². The van der Waals surface area contributed by atoms with E-state index in [2.05, 4.69) is 5.92 Å². The van der Waals surface area contributed by atoms with Crippen LogP contribution in [-0.2, 0) is 0 Å². The van der Waals surface area contributed by atoms with E-state index in [1.54, 1.807) is 24.3 Å². The molecule has 166 valence electrons. The smallest absolute Gasteiger partial charge is 0.387 e. The number of aldehydes is 1. The molecule has 0 saturated carbocycles. The molecule has 2 heterocycles. The van der Waals surface area contributed by atoms with Crippen molar-refractivity contribution in [3.8, 4) is 17.6 Å². The van der Waals surface area contributed by atoms with Gasteiger partial charge in [-0.15, -0.1) is 0 Å². The molecule has 1 aliphatic heterocycles. The Hall–Kier alpha value is -3.38. The summed E-state index contributed by atoms with van der Waals surface area (Å²) in [4.78, 5) is 18.4. The van der Waals surface area contributed by atoms with E-state index in [4.69, 9.17) is 9.72 Å². The molecule has 0 fully saturated rings. The number of aromatic nitrogens is 2. The van der Waals surface area contributed by atoms with Crippen molar-refractivity contribution in [1.29, 1.82) is 0 Å². The molecule has 4 rings (SSSR count). The van der Waals surface area contributed by atoms with E-state index in [9.17, 15) is 22.4 Å². The zero-order valence-corrected chi connectivity index (χ0v) is 17.2. The fourth-order valence-electron chi connectivity index (χ4n) is 4.22. The van der Waals surface area contributed by atoms with Crippen LogP contribution in [0.2, 0.25) is 0 Å². The number of hydrogen-bond acceptors (Lipinski definition) is 4. The Morgan fingerprint density at radius 1 is 1.22 bits per heavy atom. The highest BCUT2D eigenvalue weighted by Gasteiger charge is 2.38. The largest absolute Gasteiger partial charge is 0.434 e. The summed E-state index contributed by atoms with van der Waals surface area (Å²) >= 11 is 0. The molecule has 2 atom stereocenters. The summed E-state index contributed by atoms with van der Waals surface area (Å²) in [6, 6.07) is 8.65. The lowest BCUT2D eigenvalue weighted by molar-refractivity contribution is -0.0507. The predicted molar refractivity (Wildman–Crippen MR) is 110 cm³/mol. The van der Waals surface area contributed by atoms with Crippen molar-refractivity contribution < 1.29 is 27.1 Å². The lowest BCUT2D eigenvalue weighted by atomic mass is 9.96. The molecule has 9 heteroatoms. The zero-order valence-electron chi connectivity index (χ0n) is 17.2. The number of nitrogens with zero attached hydrogens (tertiary/aromatic N) is 3. The van der Waals surface area contributed by atoms with Gasteiger partial charge in [0.1, 0.15) is 11.6 Å². The molecular formula is C23H19F4N3O2. The number of ether oxygens (including phenoxy) is 1. The highest BCUT2D eigenvalue weighted by Crippen LogP contribution is 2.46. The quantitative estimate of drug-likeness (QED) is 0.326. The number of carbonyl (C=O) groups excluding carboxylic acids is 1. The summed E-state index contributed by atoms with van der Waals surface area (Å²) in [6.45, 7) is -3.06. The summed E-state index contributed by atoms with van der Waals surface area (Å²) in [5, 5.41) is 0. The molecule has 5 nitrogen and oxygen atoms in total. The molecule has 3 aromatic rings. The second-order valence-corrected chi connectivity index (χ2v) is 7.60. The summed E-state index contributed by atoms with van der Waals surface area (Å²) in [7, 11) is 3.75. The second kappa shape index (κ2) is 8.63. The molecule has 1 aromatic heterocycles. The van der Waals surface area contributed by atoms with Crippen LogP contribution < -0.4 is 4.74 Å². The van der Waals surface area contributed by atoms with Crippen LogP contribution in [0.3, 0.4) is 0 Å². The van der Waals surface area contributed by atoms with E-state index in [-0.39, 0.29) is 17.4 Å². The molecule has 0 amide bonds. The molecule has 0 aliphatic carbocycles. The lowest BCUT2D eigenvalue weighted by Crippen LogP contribution is -2.18. The third-order valence-electron chi connectivity index (χ3n) is 5.50. The molecule has 0 N–H and O–H groups in total. The minimum Gasteiger partial charge on any atom is -0.434 e. The number of hydrogen-bond donors (Lipinski definition) is 0. The molecule has 0 radical (unpaired) electrons. The van der Waals surface area contributed by atoms with Gasteiger partial charge in [-0.25, -0.2) is 4.98 Å². The van der Waals surface area contributed by atoms with E-state index in [0.29, 0.717) is 40.7 Å². The van der Waals surface area contributed by atoms with Crippen LogP contribution in [0.25, 0.3) is 11.0 Å². The highest BCUT2D eigenvalue weighted by atomic mass is 19.3. The van der Waals surface area contributed by atoms with Crippen LogP contribution in [0.4, 0.5) is 17.6 Å². The normalized spacial score (nSPS) is 17.7. The van der Waals surface area contributed by atoms with E-state index in [1.807, 2.05) is 29.5 Å². The number of benzene rings is 2. The third-order valence-corrected chi connectivity index (χ3v) is 5.50. The molecule has 1 aliphatic rings. The fraction of sp³-hybridized carbons (Fsp3) is 0.304. The number of carbonyl (C=O) groups is 1. The summed E-state index contributed by atoms with van der Waals surface area (Å²) < 4.78 is 57.9. The number of fused-ring (bicyclic) bond motifs is 3. The Labute approximate surface area is 181 Å². The van der Waals surface area contributed by atoms with Crippen LogP contribution in [0.1, 0.15) is 45.8 Å². The number of alkyl halides is 4. The van der Waals surface area contributed by atoms with Gasteiger partial charge in [-0.2, -0.15) is 17.6 Å². The van der Waals surface area contributed by atoms with Gasteiger partial charge in [-0.05, 0) is 50.7 Å². The second-order valence-electron chi connectivity index (χ2n) is 7.60. The topological polar surface area (TPSA) is 47.4 Å². The van der Waals surface area contributed by atoms with Crippen molar-refractivity contribution in [3.05, 3.63) is 58.9 Å². The maximum absolute atomic E-state index is 13.1. The molecule has 0 bridgehead atoms. The minimum atomic E-state index is -3.06. The van der Waals surface area contributed by atoms with Crippen LogP contribution in [0, 0.1) is 11.8 Å². The van der Waals surface area contributed by atoms with Crippen molar-refractivity contribution in [2.45, 2.75) is 31.5 Å². The van der Waals surface area contributed by atoms with Gasteiger partial charge in [-0.3, -0.25) is 9.69 Å². The molecule has 2 aromatic carbocycles. The first-order valence-electron chi connectivity index (χ1n) is 9.81. The van der Waals surface area contributed by atoms with Crippen molar-refractivity contribution >= 4 is 17.3 Å². The lowest BCUT2D eigenvalue weighted by Gasteiger charge is -2.22. The van der Waals surface area contributed by atoms with Gasteiger partial charge >= 0.3 is 6.61 Å². The van der Waals surface area contributed by atoms with Crippen LogP contribution in [0.15, 0.2) is 36.4 Å². The van der Waals surface area contributed by atoms with Gasteiger partial charge in [0.25, 0.3) is 6.43 Å². The molecule has 2 unspecified atom stereocenters. The van der Waals surface area contributed by atoms with Crippen molar-refractivity contribution in [2.75, 3.05) is 14.1 Å². The summed E-state index contributed by atoms with van der Waals surface area (Å²) in [5.74, 6) is 4.86. The summed E-state index contributed by atoms with van der Waals surface area (Å²) in [5.41, 5.74) is 2.16.